The van der Waals surface area contributed by atoms with Crippen LogP contribution < -0.4 is 0 Å². The van der Waals surface area contributed by atoms with Crippen molar-refractivity contribution in [3.05, 3.63) is 98.4 Å². The monoisotopic (exact) mass is 578 g/mol. The first-order valence-electron chi connectivity index (χ1n) is 15.5. The van der Waals surface area contributed by atoms with Gasteiger partial charge in [0.2, 0.25) is 0 Å². The fourth-order valence-electron chi connectivity index (χ4n) is 7.94. The molecular formula is C37H39F5. The van der Waals surface area contributed by atoms with Crippen molar-refractivity contribution in [2.24, 2.45) is 17.8 Å². The topological polar surface area (TPSA) is 0 Å². The predicted molar refractivity (Wildman–Crippen MR) is 159 cm³/mol. The van der Waals surface area contributed by atoms with E-state index in [0.29, 0.717) is 59.4 Å². The summed E-state index contributed by atoms with van der Waals surface area (Å²) in [6.07, 6.45) is 8.38. The predicted octanol–water partition coefficient (Wildman–Crippen LogP) is 10.2. The molecule has 42 heavy (non-hydrogen) atoms. The smallest absolute Gasteiger partial charge is 0.167 e. The van der Waals surface area contributed by atoms with Crippen molar-refractivity contribution in [2.45, 2.75) is 91.4 Å². The molecule has 3 aliphatic carbocycles. The molecule has 3 aliphatic rings. The molecule has 222 valence electrons. The van der Waals surface area contributed by atoms with E-state index in [1.807, 2.05) is 20.8 Å². The molecule has 0 spiro atoms. The van der Waals surface area contributed by atoms with Gasteiger partial charge in [-0.15, -0.1) is 0 Å². The van der Waals surface area contributed by atoms with Crippen molar-refractivity contribution in [2.75, 3.05) is 0 Å². The number of halogens is 5. The summed E-state index contributed by atoms with van der Waals surface area (Å²) in [6.45, 7) is 9.84. The summed E-state index contributed by atoms with van der Waals surface area (Å²) in [5.74, 6) is -3.30. The van der Waals surface area contributed by atoms with Gasteiger partial charge in [-0.2, -0.15) is 0 Å². The van der Waals surface area contributed by atoms with Crippen molar-refractivity contribution < 1.29 is 22.0 Å². The van der Waals surface area contributed by atoms with Crippen LogP contribution in [0.2, 0.25) is 0 Å². The van der Waals surface area contributed by atoms with E-state index in [9.17, 15) is 4.39 Å². The molecule has 3 atom stereocenters. The van der Waals surface area contributed by atoms with Crippen LogP contribution in [0.15, 0.2) is 24.8 Å². The highest BCUT2D eigenvalue weighted by Crippen LogP contribution is 2.41. The second kappa shape index (κ2) is 11.3. The molecule has 3 unspecified atom stereocenters. The van der Waals surface area contributed by atoms with Gasteiger partial charge in [0, 0.05) is 11.1 Å². The Kier molecular flexibility index (Phi) is 7.82. The largest absolute Gasteiger partial charge is 0.207 e. The zero-order valence-corrected chi connectivity index (χ0v) is 24.8. The molecule has 3 aromatic carbocycles. The highest BCUT2D eigenvalue weighted by atomic mass is 19.2. The molecule has 3 aromatic rings. The molecule has 0 saturated heterocycles. The number of aryl methyl sites for hydroxylation is 2. The standard InChI is InChI=1S/C37H39F5/c1-19(2)33-21(4)32(38)18-26-14-22(9-12-27(26)33)6-7-23-8-11-25-17-31(37(42)35(40)29(25)15-23)30-16-24-10-5-20(3)13-28(24)34(39)36(30)41/h16-18,20,22-23H,1,5-15H2,2-4H3. The van der Waals surface area contributed by atoms with Gasteiger partial charge in [-0.05, 0) is 165 Å². The van der Waals surface area contributed by atoms with Crippen LogP contribution in [0, 0.1) is 53.8 Å². The molecule has 0 nitrogen and oxygen atoms in total. The van der Waals surface area contributed by atoms with Crippen LogP contribution in [0.4, 0.5) is 22.0 Å². The normalized spacial score (nSPS) is 21.5. The Morgan fingerprint density at radius 3 is 1.86 bits per heavy atom. The maximum absolute atomic E-state index is 15.5. The van der Waals surface area contributed by atoms with Crippen LogP contribution in [0.5, 0.6) is 0 Å². The van der Waals surface area contributed by atoms with Crippen molar-refractivity contribution in [1.29, 1.82) is 0 Å². The van der Waals surface area contributed by atoms with Gasteiger partial charge in [-0.25, -0.2) is 22.0 Å². The van der Waals surface area contributed by atoms with Crippen LogP contribution in [0.3, 0.4) is 0 Å². The average molecular weight is 579 g/mol. The minimum absolute atomic E-state index is 0.179. The number of allylic oxidation sites excluding steroid dienone is 1. The minimum atomic E-state index is -1.09. The lowest BCUT2D eigenvalue weighted by Crippen LogP contribution is -2.21. The lowest BCUT2D eigenvalue weighted by molar-refractivity contribution is 0.336. The molecular weight excluding hydrogens is 539 g/mol. The third-order valence-corrected chi connectivity index (χ3v) is 10.3. The molecule has 0 heterocycles. The maximum atomic E-state index is 15.5. The second-order valence-corrected chi connectivity index (χ2v) is 13.3. The van der Waals surface area contributed by atoms with Crippen LogP contribution in [-0.4, -0.2) is 0 Å². The Morgan fingerprint density at radius 2 is 1.24 bits per heavy atom. The van der Waals surface area contributed by atoms with Crippen LogP contribution >= 0.6 is 0 Å². The summed E-state index contributed by atoms with van der Waals surface area (Å²) in [7, 11) is 0. The number of fused-ring (bicyclic) bond motifs is 3. The first-order valence-corrected chi connectivity index (χ1v) is 15.5. The zero-order chi connectivity index (χ0) is 29.9. The van der Waals surface area contributed by atoms with E-state index in [2.05, 4.69) is 6.58 Å². The van der Waals surface area contributed by atoms with Gasteiger partial charge < -0.3 is 0 Å². The highest BCUT2D eigenvalue weighted by molar-refractivity contribution is 5.70. The van der Waals surface area contributed by atoms with E-state index in [1.54, 1.807) is 12.1 Å². The third-order valence-electron chi connectivity index (χ3n) is 10.3. The van der Waals surface area contributed by atoms with E-state index in [1.165, 1.54) is 11.6 Å². The van der Waals surface area contributed by atoms with Crippen molar-refractivity contribution >= 4 is 5.57 Å². The number of hydrogen-bond donors (Lipinski definition) is 0. The van der Waals surface area contributed by atoms with Gasteiger partial charge in [0.25, 0.3) is 0 Å². The minimum Gasteiger partial charge on any atom is -0.207 e. The summed E-state index contributed by atoms with van der Waals surface area (Å²) >= 11 is 0. The molecule has 0 bridgehead atoms. The van der Waals surface area contributed by atoms with E-state index in [0.717, 1.165) is 61.6 Å². The van der Waals surface area contributed by atoms with Gasteiger partial charge in [-0.3, -0.25) is 0 Å². The highest BCUT2D eigenvalue weighted by Gasteiger charge is 2.31. The lowest BCUT2D eigenvalue weighted by atomic mass is 9.75. The molecule has 0 fully saturated rings. The Bertz CT molecular complexity index is 1580. The lowest BCUT2D eigenvalue weighted by Gasteiger charge is -2.31. The third kappa shape index (κ3) is 5.11. The number of rotatable bonds is 5. The summed E-state index contributed by atoms with van der Waals surface area (Å²) in [5, 5.41) is 0. The van der Waals surface area contributed by atoms with Gasteiger partial charge in [0.05, 0.1) is 0 Å². The van der Waals surface area contributed by atoms with Crippen LogP contribution in [0.1, 0.15) is 90.5 Å². The summed E-state index contributed by atoms with van der Waals surface area (Å²) in [6, 6.07) is 4.77. The van der Waals surface area contributed by atoms with Crippen molar-refractivity contribution in [3.8, 4) is 11.1 Å². The Hall–Kier alpha value is -2.95. The Morgan fingerprint density at radius 1 is 0.690 bits per heavy atom. The molecule has 0 radical (unpaired) electrons. The van der Waals surface area contributed by atoms with Crippen LogP contribution in [0.25, 0.3) is 16.7 Å². The first-order chi connectivity index (χ1) is 20.0. The molecule has 0 aliphatic heterocycles. The molecule has 0 aromatic heterocycles. The van der Waals surface area contributed by atoms with E-state index in [-0.39, 0.29) is 28.8 Å². The molecule has 5 heteroatoms. The Labute approximate surface area is 246 Å². The number of benzene rings is 3. The second-order valence-electron chi connectivity index (χ2n) is 13.3. The zero-order valence-electron chi connectivity index (χ0n) is 24.8. The van der Waals surface area contributed by atoms with Crippen molar-refractivity contribution in [1.82, 2.24) is 0 Å². The summed E-state index contributed by atoms with van der Waals surface area (Å²) < 4.78 is 75.9. The number of hydrogen-bond acceptors (Lipinski definition) is 0. The van der Waals surface area contributed by atoms with Crippen LogP contribution in [-0.2, 0) is 38.5 Å². The SMILES string of the molecule is C=C(C)c1c(C)c(F)cc2c1CCC(CCC1CCc3cc(-c4cc5c(c(F)c4F)CC(C)CC5)c(F)c(F)c3C1)C2. The molecule has 0 N–H and O–H groups in total. The quantitative estimate of drug-likeness (QED) is 0.264. The van der Waals surface area contributed by atoms with Gasteiger partial charge in [0.1, 0.15) is 5.82 Å². The molecule has 0 saturated carbocycles. The fraction of sp³-hybridized carbons (Fsp3) is 0.459. The maximum Gasteiger partial charge on any atom is 0.167 e. The average Bonchev–Trinajstić information content (AvgIpc) is 2.96. The fourth-order valence-corrected chi connectivity index (χ4v) is 7.94. The molecule has 6 rings (SSSR count). The van der Waals surface area contributed by atoms with Gasteiger partial charge in [0.15, 0.2) is 23.3 Å². The van der Waals surface area contributed by atoms with Crippen molar-refractivity contribution in [3.63, 3.8) is 0 Å². The van der Waals surface area contributed by atoms with E-state index in [4.69, 9.17) is 0 Å². The van der Waals surface area contributed by atoms with Gasteiger partial charge >= 0.3 is 0 Å². The van der Waals surface area contributed by atoms with E-state index < -0.39 is 23.3 Å². The molecule has 0 amide bonds. The first kappa shape index (κ1) is 29.1. The Balaban J connectivity index is 1.18. The summed E-state index contributed by atoms with van der Waals surface area (Å²) in [5.41, 5.74) is 6.60. The summed E-state index contributed by atoms with van der Waals surface area (Å²) in [4.78, 5) is 0. The van der Waals surface area contributed by atoms with Gasteiger partial charge in [-0.1, -0.05) is 19.1 Å². The van der Waals surface area contributed by atoms with E-state index >= 15 is 17.6 Å².